The minimum atomic E-state index is 0.960. The fourth-order valence-electron chi connectivity index (χ4n) is 7.43. The maximum Gasteiger partial charge on any atom is 0.0794 e. The van der Waals surface area contributed by atoms with E-state index in [9.17, 15) is 0 Å². The van der Waals surface area contributed by atoms with Gasteiger partial charge in [-0.05, 0) is 85.6 Å². The largest absolute Gasteiger partial charge is 0.248 e. The Hall–Kier alpha value is -6.64. The first-order valence-electron chi connectivity index (χ1n) is 17.1. The van der Waals surface area contributed by atoms with Gasteiger partial charge in [-0.1, -0.05) is 146 Å². The Morgan fingerprint density at radius 2 is 0.820 bits per heavy atom. The van der Waals surface area contributed by atoms with Crippen LogP contribution in [-0.4, -0.2) is 9.97 Å². The molecule has 2 heteroatoms. The van der Waals surface area contributed by atoms with Crippen LogP contribution in [0.25, 0.3) is 98.9 Å². The summed E-state index contributed by atoms with van der Waals surface area (Å²) in [4.78, 5) is 10.4. The molecule has 232 valence electrons. The molecule has 0 spiro atoms. The third kappa shape index (κ3) is 4.81. The molecular formula is C48H30N2. The molecule has 0 saturated heterocycles. The zero-order chi connectivity index (χ0) is 33.0. The van der Waals surface area contributed by atoms with E-state index in [1.54, 1.807) is 0 Å². The van der Waals surface area contributed by atoms with Gasteiger partial charge in [0.1, 0.15) is 0 Å². The Bertz CT molecular complexity index is 2920. The van der Waals surface area contributed by atoms with Crippen LogP contribution < -0.4 is 0 Å². The number of hydrogen-bond acceptors (Lipinski definition) is 2. The highest BCUT2D eigenvalue weighted by molar-refractivity contribution is 6.16. The summed E-state index contributed by atoms with van der Waals surface area (Å²) in [5.74, 6) is 0. The number of para-hydroxylation sites is 1. The van der Waals surface area contributed by atoms with E-state index in [0.717, 1.165) is 60.8 Å². The number of fused-ring (bicyclic) bond motifs is 6. The van der Waals surface area contributed by atoms with Crippen molar-refractivity contribution >= 4 is 54.1 Å². The molecule has 50 heavy (non-hydrogen) atoms. The van der Waals surface area contributed by atoms with Crippen LogP contribution in [0.3, 0.4) is 0 Å². The Labute approximate surface area is 290 Å². The topological polar surface area (TPSA) is 25.8 Å². The molecule has 0 unspecified atom stereocenters. The van der Waals surface area contributed by atoms with Crippen molar-refractivity contribution in [2.24, 2.45) is 0 Å². The van der Waals surface area contributed by atoms with Gasteiger partial charge in [0.05, 0.1) is 22.4 Å². The van der Waals surface area contributed by atoms with E-state index in [1.807, 2.05) is 6.07 Å². The monoisotopic (exact) mass is 634 g/mol. The third-order valence-electron chi connectivity index (χ3n) is 10.0. The van der Waals surface area contributed by atoms with E-state index < -0.39 is 0 Å². The summed E-state index contributed by atoms with van der Waals surface area (Å²) in [7, 11) is 0. The molecule has 2 heterocycles. The lowest BCUT2D eigenvalue weighted by Crippen LogP contribution is -1.94. The van der Waals surface area contributed by atoms with Crippen LogP contribution in [0.2, 0.25) is 0 Å². The summed E-state index contributed by atoms with van der Waals surface area (Å²) >= 11 is 0. The lowest BCUT2D eigenvalue weighted by atomic mass is 9.90. The molecule has 8 aromatic carbocycles. The van der Waals surface area contributed by atoms with Gasteiger partial charge in [0.15, 0.2) is 0 Å². The van der Waals surface area contributed by atoms with Gasteiger partial charge in [-0.2, -0.15) is 0 Å². The second-order valence-electron chi connectivity index (χ2n) is 13.0. The van der Waals surface area contributed by atoms with Gasteiger partial charge in [0.25, 0.3) is 0 Å². The van der Waals surface area contributed by atoms with E-state index in [4.69, 9.17) is 9.97 Å². The fourth-order valence-corrected chi connectivity index (χ4v) is 7.43. The van der Waals surface area contributed by atoms with Crippen molar-refractivity contribution in [1.82, 2.24) is 9.97 Å². The minimum Gasteiger partial charge on any atom is -0.248 e. The molecule has 0 radical (unpaired) electrons. The van der Waals surface area contributed by atoms with Crippen LogP contribution in [0.1, 0.15) is 0 Å². The highest BCUT2D eigenvalue weighted by Gasteiger charge is 2.17. The molecule has 0 amide bonds. The molecule has 0 aliphatic rings. The average molecular weight is 635 g/mol. The van der Waals surface area contributed by atoms with Crippen molar-refractivity contribution in [3.05, 3.63) is 182 Å². The highest BCUT2D eigenvalue weighted by Crippen LogP contribution is 2.41. The van der Waals surface area contributed by atoms with Crippen LogP contribution in [-0.2, 0) is 0 Å². The zero-order valence-corrected chi connectivity index (χ0v) is 27.2. The Kier molecular flexibility index (Phi) is 6.53. The lowest BCUT2D eigenvalue weighted by Gasteiger charge is -2.16. The van der Waals surface area contributed by atoms with E-state index in [0.29, 0.717) is 0 Å². The first kappa shape index (κ1) is 28.4. The minimum absolute atomic E-state index is 0.960. The standard InChI is InChI=1S/C48H30N2/c1-3-12-36-27-38(23-17-31(36)9-1)42-29-44-43(33-19-21-35(22-20-33)46-26-25-34-11-5-8-16-45(34)49-46)30-47(50-48(44)41-15-7-6-14-40(41)42)39-24-18-32-10-2-4-13-37(32)28-39/h1-30H. The van der Waals surface area contributed by atoms with E-state index in [2.05, 4.69) is 176 Å². The van der Waals surface area contributed by atoms with Crippen molar-refractivity contribution in [3.8, 4) is 44.8 Å². The van der Waals surface area contributed by atoms with Gasteiger partial charge in [0, 0.05) is 27.3 Å². The SMILES string of the molecule is c1ccc2cc(-c3cc(-c4ccc(-c5ccc6ccccc6n5)cc4)c4cc(-c5ccc6ccccc6c5)c5ccccc5c4n3)ccc2c1. The molecule has 0 fully saturated rings. The van der Waals surface area contributed by atoms with Crippen LogP contribution in [0.4, 0.5) is 0 Å². The van der Waals surface area contributed by atoms with Gasteiger partial charge < -0.3 is 0 Å². The van der Waals surface area contributed by atoms with Crippen LogP contribution >= 0.6 is 0 Å². The summed E-state index contributed by atoms with van der Waals surface area (Å²) < 4.78 is 0. The Morgan fingerprint density at radius 3 is 1.58 bits per heavy atom. The average Bonchev–Trinajstić information content (AvgIpc) is 3.19. The summed E-state index contributed by atoms with van der Waals surface area (Å²) in [6, 6.07) is 65.2. The molecular weight excluding hydrogens is 605 g/mol. The Morgan fingerprint density at radius 1 is 0.280 bits per heavy atom. The Balaban J connectivity index is 1.21. The second kappa shape index (κ2) is 11.5. The van der Waals surface area contributed by atoms with Crippen LogP contribution in [0.15, 0.2) is 182 Å². The van der Waals surface area contributed by atoms with Gasteiger partial charge >= 0.3 is 0 Å². The van der Waals surface area contributed by atoms with E-state index >= 15 is 0 Å². The normalized spacial score (nSPS) is 11.6. The maximum absolute atomic E-state index is 5.44. The first-order valence-corrected chi connectivity index (χ1v) is 17.1. The van der Waals surface area contributed by atoms with Crippen molar-refractivity contribution in [1.29, 1.82) is 0 Å². The number of benzene rings is 8. The maximum atomic E-state index is 5.44. The molecule has 10 aromatic rings. The van der Waals surface area contributed by atoms with Crippen molar-refractivity contribution in [3.63, 3.8) is 0 Å². The molecule has 0 N–H and O–H groups in total. The quantitative estimate of drug-likeness (QED) is 0.180. The first-order chi connectivity index (χ1) is 24.7. The zero-order valence-electron chi connectivity index (χ0n) is 27.2. The van der Waals surface area contributed by atoms with Crippen LogP contribution in [0.5, 0.6) is 0 Å². The summed E-state index contributed by atoms with van der Waals surface area (Å²) in [5.41, 5.74) is 10.8. The highest BCUT2D eigenvalue weighted by atomic mass is 14.7. The number of pyridine rings is 2. The molecule has 0 atom stereocenters. The van der Waals surface area contributed by atoms with Gasteiger partial charge in [0.2, 0.25) is 0 Å². The lowest BCUT2D eigenvalue weighted by molar-refractivity contribution is 1.39. The summed E-state index contributed by atoms with van der Waals surface area (Å²) in [6.45, 7) is 0. The van der Waals surface area contributed by atoms with Crippen LogP contribution in [0, 0.1) is 0 Å². The van der Waals surface area contributed by atoms with Gasteiger partial charge in [-0.3, -0.25) is 0 Å². The van der Waals surface area contributed by atoms with E-state index in [1.165, 1.54) is 38.1 Å². The number of nitrogens with zero attached hydrogens (tertiary/aromatic N) is 2. The fraction of sp³-hybridized carbons (Fsp3) is 0. The molecule has 0 saturated carbocycles. The molecule has 2 aromatic heterocycles. The summed E-state index contributed by atoms with van der Waals surface area (Å²) in [6.07, 6.45) is 0. The summed E-state index contributed by atoms with van der Waals surface area (Å²) in [5, 5.41) is 9.52. The van der Waals surface area contributed by atoms with Gasteiger partial charge in [-0.25, -0.2) is 9.97 Å². The van der Waals surface area contributed by atoms with Crippen molar-refractivity contribution in [2.75, 3.05) is 0 Å². The molecule has 0 aliphatic carbocycles. The predicted octanol–water partition coefficient (Wildman–Crippen LogP) is 12.9. The predicted molar refractivity (Wildman–Crippen MR) is 211 cm³/mol. The molecule has 10 rings (SSSR count). The number of aromatic nitrogens is 2. The van der Waals surface area contributed by atoms with Crippen molar-refractivity contribution in [2.45, 2.75) is 0 Å². The number of hydrogen-bond donors (Lipinski definition) is 0. The second-order valence-corrected chi connectivity index (χ2v) is 13.0. The molecule has 0 bridgehead atoms. The third-order valence-corrected chi connectivity index (χ3v) is 10.0. The number of rotatable bonds is 4. The van der Waals surface area contributed by atoms with Crippen molar-refractivity contribution < 1.29 is 0 Å². The van der Waals surface area contributed by atoms with Gasteiger partial charge in [-0.15, -0.1) is 0 Å². The molecule has 0 aliphatic heterocycles. The van der Waals surface area contributed by atoms with E-state index in [-0.39, 0.29) is 0 Å². The molecule has 2 nitrogen and oxygen atoms in total. The smallest absolute Gasteiger partial charge is 0.0794 e.